The van der Waals surface area contributed by atoms with E-state index >= 15 is 0 Å². The van der Waals surface area contributed by atoms with Gasteiger partial charge in [-0.3, -0.25) is 4.55 Å². The van der Waals surface area contributed by atoms with Crippen LogP contribution in [-0.4, -0.2) is 42.5 Å². The number of anilines is 3. The molecule has 0 saturated heterocycles. The molecule has 1 radical (unpaired) electrons. The molecule has 0 aliphatic carbocycles. The summed E-state index contributed by atoms with van der Waals surface area (Å²) in [5.74, 6) is 0. The van der Waals surface area contributed by atoms with E-state index in [1.54, 1.807) is 18.2 Å². The summed E-state index contributed by atoms with van der Waals surface area (Å²) in [4.78, 5) is -0.244. The summed E-state index contributed by atoms with van der Waals surface area (Å²) in [7, 11) is -4.32. The second kappa shape index (κ2) is 6.40. The molecule has 95 valence electrons. The first-order valence-corrected chi connectivity index (χ1v) is 6.60. The smallest absolute Gasteiger partial charge is 0.296 e. The molecule has 4 N–H and O–H groups in total. The maximum atomic E-state index is 11.3. The summed E-state index contributed by atoms with van der Waals surface area (Å²) in [5.41, 5.74) is 6.77. The third-order valence-corrected chi connectivity index (χ3v) is 3.23. The van der Waals surface area contributed by atoms with Gasteiger partial charge in [-0.2, -0.15) is 8.42 Å². The number of nitrogens with two attached hydrogens (primary N) is 1. The van der Waals surface area contributed by atoms with Crippen molar-refractivity contribution in [1.29, 1.82) is 0 Å². The molecule has 0 aliphatic heterocycles. The Hall–Kier alpha value is -1.05. The molecule has 19 heavy (non-hydrogen) atoms. The molecule has 0 atom stereocenters. The molecule has 0 heterocycles. The molecule has 2 aromatic rings. The molecule has 5 nitrogen and oxygen atoms in total. The van der Waals surface area contributed by atoms with Crippen LogP contribution in [0, 0.1) is 0 Å². The van der Waals surface area contributed by atoms with Crippen molar-refractivity contribution >= 4 is 56.7 Å². The normalized spacial score (nSPS) is 10.6. The SMILES string of the molecule is Nc1ccc(Nc2ccccc2)c(S(=O)(=O)O)c1.[Na]. The molecule has 0 bridgehead atoms. The van der Waals surface area contributed by atoms with Gasteiger partial charge in [0.25, 0.3) is 10.1 Å². The molecule has 7 heteroatoms. The van der Waals surface area contributed by atoms with E-state index in [-0.39, 0.29) is 45.8 Å². The van der Waals surface area contributed by atoms with E-state index in [2.05, 4.69) is 5.32 Å². The quantitative estimate of drug-likeness (QED) is 0.455. The van der Waals surface area contributed by atoms with Crippen LogP contribution in [0.25, 0.3) is 0 Å². The van der Waals surface area contributed by atoms with Crippen LogP contribution in [0.5, 0.6) is 0 Å². The number of benzene rings is 2. The van der Waals surface area contributed by atoms with Crippen molar-refractivity contribution in [2.45, 2.75) is 4.90 Å². The van der Waals surface area contributed by atoms with E-state index in [4.69, 9.17) is 10.3 Å². The number of nitrogen functional groups attached to an aromatic ring is 1. The Bertz CT molecular complexity index is 660. The summed E-state index contributed by atoms with van der Waals surface area (Å²) in [6.07, 6.45) is 0. The second-order valence-electron chi connectivity index (χ2n) is 3.72. The maximum Gasteiger partial charge on any atom is 0.296 e. The van der Waals surface area contributed by atoms with Gasteiger partial charge < -0.3 is 11.1 Å². The van der Waals surface area contributed by atoms with Crippen molar-refractivity contribution in [2.24, 2.45) is 0 Å². The fraction of sp³-hybridized carbons (Fsp3) is 0. The van der Waals surface area contributed by atoms with Crippen molar-refractivity contribution in [3.63, 3.8) is 0 Å². The second-order valence-corrected chi connectivity index (χ2v) is 5.11. The van der Waals surface area contributed by atoms with Gasteiger partial charge in [0.1, 0.15) is 4.90 Å². The van der Waals surface area contributed by atoms with Gasteiger partial charge in [-0.1, -0.05) is 18.2 Å². The Kier molecular flexibility index (Phi) is 5.39. The molecule has 0 unspecified atom stereocenters. The van der Waals surface area contributed by atoms with Gasteiger partial charge in [0.2, 0.25) is 0 Å². The van der Waals surface area contributed by atoms with Gasteiger partial charge >= 0.3 is 0 Å². The molecule has 0 saturated carbocycles. The topological polar surface area (TPSA) is 92.4 Å². The van der Waals surface area contributed by atoms with Crippen molar-refractivity contribution in [3.05, 3.63) is 48.5 Å². The molecular formula is C12H12N2NaO3S. The minimum absolute atomic E-state index is 0. The first-order chi connectivity index (χ1) is 8.47. The fourth-order valence-electron chi connectivity index (χ4n) is 1.53. The molecule has 0 aliphatic rings. The van der Waals surface area contributed by atoms with Gasteiger partial charge in [0.05, 0.1) is 5.69 Å². The first kappa shape index (κ1) is 16.0. The number of rotatable bonds is 3. The number of hydrogen-bond acceptors (Lipinski definition) is 4. The standard InChI is InChI=1S/C12H12N2O3S.Na/c13-9-6-7-11(12(8-9)18(15,16)17)14-10-4-2-1-3-5-10;/h1-8,14H,13H2,(H,15,16,17);. The molecule has 0 spiro atoms. The van der Waals surface area contributed by atoms with E-state index < -0.39 is 10.1 Å². The van der Waals surface area contributed by atoms with Crippen LogP contribution < -0.4 is 11.1 Å². The van der Waals surface area contributed by atoms with Crippen LogP contribution in [0.4, 0.5) is 17.1 Å². The van der Waals surface area contributed by atoms with Crippen LogP contribution in [0.2, 0.25) is 0 Å². The van der Waals surface area contributed by atoms with E-state index in [0.29, 0.717) is 5.69 Å². The van der Waals surface area contributed by atoms with Crippen molar-refractivity contribution < 1.29 is 13.0 Å². The summed E-state index contributed by atoms with van der Waals surface area (Å²) in [5, 5.41) is 2.91. The van der Waals surface area contributed by atoms with Crippen LogP contribution >= 0.6 is 0 Å². The summed E-state index contributed by atoms with van der Waals surface area (Å²) in [6.45, 7) is 0. The Labute approximate surface area is 133 Å². The van der Waals surface area contributed by atoms with Crippen LogP contribution in [0.15, 0.2) is 53.4 Å². The minimum Gasteiger partial charge on any atom is -0.399 e. The Balaban J connectivity index is 0.00000180. The monoisotopic (exact) mass is 287 g/mol. The molecule has 2 rings (SSSR count). The van der Waals surface area contributed by atoms with Gasteiger partial charge in [0, 0.05) is 40.9 Å². The van der Waals surface area contributed by atoms with Crippen LogP contribution in [0.3, 0.4) is 0 Å². The average molecular weight is 287 g/mol. The van der Waals surface area contributed by atoms with E-state index in [1.807, 2.05) is 18.2 Å². The number of hydrogen-bond donors (Lipinski definition) is 3. The molecule has 2 aromatic carbocycles. The maximum absolute atomic E-state index is 11.3. The summed E-state index contributed by atoms with van der Waals surface area (Å²) >= 11 is 0. The Morgan fingerprint density at radius 2 is 1.68 bits per heavy atom. The zero-order chi connectivity index (χ0) is 13.2. The first-order valence-electron chi connectivity index (χ1n) is 5.16. The van der Waals surface area contributed by atoms with Gasteiger partial charge in [0.15, 0.2) is 0 Å². The Morgan fingerprint density at radius 3 is 2.26 bits per heavy atom. The summed E-state index contributed by atoms with van der Waals surface area (Å²) < 4.78 is 31.7. The molecular weight excluding hydrogens is 275 g/mol. The number of para-hydroxylation sites is 1. The molecule has 0 amide bonds. The third kappa shape index (κ3) is 4.22. The zero-order valence-corrected chi connectivity index (χ0v) is 13.2. The predicted molar refractivity (Wildman–Crippen MR) is 76.1 cm³/mol. The van der Waals surface area contributed by atoms with Crippen LogP contribution in [-0.2, 0) is 10.1 Å². The van der Waals surface area contributed by atoms with Crippen molar-refractivity contribution in [3.8, 4) is 0 Å². The predicted octanol–water partition coefficient (Wildman–Crippen LogP) is 1.88. The fourth-order valence-corrected chi connectivity index (χ4v) is 2.21. The zero-order valence-electron chi connectivity index (χ0n) is 10.4. The van der Waals surface area contributed by atoms with E-state index in [9.17, 15) is 8.42 Å². The largest absolute Gasteiger partial charge is 0.399 e. The van der Waals surface area contributed by atoms with Gasteiger partial charge in [-0.15, -0.1) is 0 Å². The third-order valence-electron chi connectivity index (χ3n) is 2.34. The average Bonchev–Trinajstić information content (AvgIpc) is 2.31. The molecule has 0 fully saturated rings. The minimum atomic E-state index is -4.32. The number of nitrogens with one attached hydrogen (secondary N) is 1. The molecule has 0 aromatic heterocycles. The van der Waals surface area contributed by atoms with Gasteiger partial charge in [-0.05, 0) is 30.3 Å². The van der Waals surface area contributed by atoms with Crippen LogP contribution in [0.1, 0.15) is 0 Å². The van der Waals surface area contributed by atoms with Crippen molar-refractivity contribution in [2.75, 3.05) is 11.1 Å². The van der Waals surface area contributed by atoms with Crippen molar-refractivity contribution in [1.82, 2.24) is 0 Å². The van der Waals surface area contributed by atoms with E-state index in [0.717, 1.165) is 0 Å². The van der Waals surface area contributed by atoms with Gasteiger partial charge in [-0.25, -0.2) is 0 Å². The van der Waals surface area contributed by atoms with E-state index in [1.165, 1.54) is 12.1 Å². The Morgan fingerprint density at radius 1 is 1.05 bits per heavy atom. The summed E-state index contributed by atoms with van der Waals surface area (Å²) in [6, 6.07) is 13.3.